The van der Waals surface area contributed by atoms with Gasteiger partial charge in [0.1, 0.15) is 6.61 Å². The van der Waals surface area contributed by atoms with Crippen LogP contribution in [0.5, 0.6) is 0 Å². The fraction of sp³-hybridized carbons (Fsp3) is 0.211. The van der Waals surface area contributed by atoms with E-state index in [0.29, 0.717) is 5.69 Å². The summed E-state index contributed by atoms with van der Waals surface area (Å²) < 4.78 is 7.04. The van der Waals surface area contributed by atoms with Crippen molar-refractivity contribution in [2.45, 2.75) is 25.3 Å². The topological polar surface area (TPSA) is 57.0 Å². The first kappa shape index (κ1) is 17.2. The van der Waals surface area contributed by atoms with Crippen LogP contribution in [0, 0.1) is 13.8 Å². The van der Waals surface area contributed by atoms with Crippen LogP contribution in [0.1, 0.15) is 27.3 Å². The molecular weight excluding hydrogens is 334 g/mol. The molecule has 0 atom stereocenters. The molecule has 5 nitrogen and oxygen atoms in total. The minimum Gasteiger partial charge on any atom is -0.456 e. The lowest BCUT2D eigenvalue weighted by Crippen LogP contribution is -2.08. The van der Waals surface area contributed by atoms with Gasteiger partial charge in [-0.25, -0.2) is 9.48 Å². The first-order valence-corrected chi connectivity index (χ1v) is 9.10. The largest absolute Gasteiger partial charge is 0.456 e. The smallest absolute Gasteiger partial charge is 0.361 e. The van der Waals surface area contributed by atoms with Gasteiger partial charge in [-0.3, -0.25) is 0 Å². The van der Waals surface area contributed by atoms with E-state index < -0.39 is 5.97 Å². The van der Waals surface area contributed by atoms with Crippen molar-refractivity contribution in [3.8, 4) is 5.69 Å². The molecule has 1 heterocycles. The van der Waals surface area contributed by atoms with Gasteiger partial charge in [-0.1, -0.05) is 41.1 Å². The molecule has 0 bridgehead atoms. The molecule has 128 valence electrons. The van der Waals surface area contributed by atoms with Gasteiger partial charge < -0.3 is 4.74 Å². The summed E-state index contributed by atoms with van der Waals surface area (Å²) in [5, 5.41) is 8.12. The molecule has 0 amide bonds. The van der Waals surface area contributed by atoms with Crippen LogP contribution >= 0.6 is 11.8 Å². The number of rotatable bonds is 5. The van der Waals surface area contributed by atoms with E-state index in [1.165, 1.54) is 0 Å². The summed E-state index contributed by atoms with van der Waals surface area (Å²) in [6.45, 7) is 4.04. The normalized spacial score (nSPS) is 10.7. The first-order valence-electron chi connectivity index (χ1n) is 7.88. The van der Waals surface area contributed by atoms with Crippen molar-refractivity contribution in [1.29, 1.82) is 0 Å². The molecule has 0 radical (unpaired) electrons. The molecule has 25 heavy (non-hydrogen) atoms. The maximum absolute atomic E-state index is 12.3. The van der Waals surface area contributed by atoms with E-state index in [2.05, 4.69) is 10.3 Å². The first-order chi connectivity index (χ1) is 12.1. The van der Waals surface area contributed by atoms with Gasteiger partial charge in [0, 0.05) is 4.90 Å². The van der Waals surface area contributed by atoms with E-state index in [1.54, 1.807) is 16.4 Å². The van der Waals surface area contributed by atoms with Crippen molar-refractivity contribution in [1.82, 2.24) is 15.0 Å². The van der Waals surface area contributed by atoms with Gasteiger partial charge in [-0.2, -0.15) is 0 Å². The van der Waals surface area contributed by atoms with Gasteiger partial charge in [0.25, 0.3) is 0 Å². The van der Waals surface area contributed by atoms with Crippen LogP contribution in [0.4, 0.5) is 0 Å². The minimum atomic E-state index is -0.466. The Morgan fingerprint density at radius 2 is 1.96 bits per heavy atom. The van der Waals surface area contributed by atoms with Gasteiger partial charge in [-0.15, -0.1) is 16.9 Å². The van der Waals surface area contributed by atoms with Crippen LogP contribution < -0.4 is 0 Å². The Hall–Kier alpha value is -2.60. The van der Waals surface area contributed by atoms with Crippen LogP contribution in [-0.4, -0.2) is 27.2 Å². The fourth-order valence-corrected chi connectivity index (χ4v) is 2.98. The summed E-state index contributed by atoms with van der Waals surface area (Å²) in [5.41, 5.74) is 3.85. The van der Waals surface area contributed by atoms with Crippen molar-refractivity contribution in [3.05, 3.63) is 71.0 Å². The lowest BCUT2D eigenvalue weighted by molar-refractivity contribution is 0.0464. The number of carbonyl (C=O) groups excluding carboxylic acids is 1. The minimum absolute atomic E-state index is 0.217. The Morgan fingerprint density at radius 3 is 2.72 bits per heavy atom. The monoisotopic (exact) mass is 353 g/mol. The Kier molecular flexibility index (Phi) is 5.19. The van der Waals surface area contributed by atoms with Crippen LogP contribution in [0.2, 0.25) is 0 Å². The number of carbonyl (C=O) groups is 1. The average molecular weight is 353 g/mol. The number of aromatic nitrogens is 3. The molecular formula is C19H19N3O2S. The van der Waals surface area contributed by atoms with Gasteiger partial charge in [0.05, 0.1) is 11.4 Å². The molecule has 3 rings (SSSR count). The molecule has 0 aliphatic rings. The molecule has 0 fully saturated rings. The zero-order valence-corrected chi connectivity index (χ0v) is 15.2. The van der Waals surface area contributed by atoms with Crippen LogP contribution in [0.3, 0.4) is 0 Å². The maximum Gasteiger partial charge on any atom is 0.361 e. The second-order valence-electron chi connectivity index (χ2n) is 5.70. The van der Waals surface area contributed by atoms with E-state index in [9.17, 15) is 4.79 Å². The summed E-state index contributed by atoms with van der Waals surface area (Å²) >= 11 is 1.65. The standard InChI is InChI=1S/C19H19N3O2S/c1-13-6-4-7-15(10-13)12-24-19(23)18-14(2)22(21-20-18)16-8-5-9-17(11-16)25-3/h4-11H,12H2,1-3H3. The van der Waals surface area contributed by atoms with Crippen LogP contribution in [0.15, 0.2) is 53.4 Å². The molecule has 0 aliphatic heterocycles. The second-order valence-corrected chi connectivity index (χ2v) is 6.58. The lowest BCUT2D eigenvalue weighted by Gasteiger charge is -2.06. The van der Waals surface area contributed by atoms with Gasteiger partial charge in [-0.05, 0) is 43.9 Å². The number of hydrogen-bond acceptors (Lipinski definition) is 5. The van der Waals surface area contributed by atoms with Crippen molar-refractivity contribution in [2.24, 2.45) is 0 Å². The highest BCUT2D eigenvalue weighted by molar-refractivity contribution is 7.98. The molecule has 0 unspecified atom stereocenters. The third-order valence-electron chi connectivity index (χ3n) is 3.84. The number of ether oxygens (including phenoxy) is 1. The maximum atomic E-state index is 12.3. The van der Waals surface area contributed by atoms with Gasteiger partial charge >= 0.3 is 5.97 Å². The quantitative estimate of drug-likeness (QED) is 0.513. The Labute approximate surface area is 151 Å². The van der Waals surface area contributed by atoms with Crippen LogP contribution in [-0.2, 0) is 11.3 Å². The predicted molar refractivity (Wildman–Crippen MR) is 98.2 cm³/mol. The third kappa shape index (κ3) is 3.91. The third-order valence-corrected chi connectivity index (χ3v) is 4.56. The Bertz CT molecular complexity index is 905. The zero-order valence-electron chi connectivity index (χ0n) is 14.4. The lowest BCUT2D eigenvalue weighted by atomic mass is 10.1. The molecule has 2 aromatic carbocycles. The zero-order chi connectivity index (χ0) is 17.8. The molecule has 0 aliphatic carbocycles. The fourth-order valence-electron chi connectivity index (χ4n) is 2.52. The van der Waals surface area contributed by atoms with Crippen molar-refractivity contribution in [2.75, 3.05) is 6.26 Å². The summed E-state index contributed by atoms with van der Waals surface area (Å²) in [4.78, 5) is 13.5. The van der Waals surface area contributed by atoms with E-state index in [1.807, 2.05) is 68.6 Å². The summed E-state index contributed by atoms with van der Waals surface area (Å²) in [6, 6.07) is 15.8. The van der Waals surface area contributed by atoms with Crippen LogP contribution in [0.25, 0.3) is 5.69 Å². The second kappa shape index (κ2) is 7.53. The van der Waals surface area contributed by atoms with Gasteiger partial charge in [0.2, 0.25) is 0 Å². The molecule has 6 heteroatoms. The highest BCUT2D eigenvalue weighted by Crippen LogP contribution is 2.20. The number of esters is 1. The number of thioether (sulfide) groups is 1. The molecule has 0 saturated carbocycles. The Morgan fingerprint density at radius 1 is 1.16 bits per heavy atom. The van der Waals surface area contributed by atoms with E-state index >= 15 is 0 Å². The summed E-state index contributed by atoms with van der Waals surface area (Å²) in [5.74, 6) is -0.466. The molecule has 1 aromatic heterocycles. The van der Waals surface area contributed by atoms with Crippen molar-refractivity contribution < 1.29 is 9.53 Å². The van der Waals surface area contributed by atoms with E-state index in [4.69, 9.17) is 4.74 Å². The molecule has 0 spiro atoms. The van der Waals surface area contributed by atoms with Crippen molar-refractivity contribution in [3.63, 3.8) is 0 Å². The highest BCUT2D eigenvalue weighted by atomic mass is 32.2. The Balaban J connectivity index is 1.77. The van der Waals surface area contributed by atoms with E-state index in [0.717, 1.165) is 21.7 Å². The molecule has 0 N–H and O–H groups in total. The number of hydrogen-bond donors (Lipinski definition) is 0. The number of benzene rings is 2. The summed E-state index contributed by atoms with van der Waals surface area (Å²) in [7, 11) is 0. The molecule has 0 saturated heterocycles. The highest BCUT2D eigenvalue weighted by Gasteiger charge is 2.19. The summed E-state index contributed by atoms with van der Waals surface area (Å²) in [6.07, 6.45) is 2.02. The molecule has 3 aromatic rings. The SMILES string of the molecule is CSc1cccc(-n2nnc(C(=O)OCc3cccc(C)c3)c2C)c1. The van der Waals surface area contributed by atoms with Gasteiger partial charge in [0.15, 0.2) is 5.69 Å². The average Bonchev–Trinajstić information content (AvgIpc) is 3.01. The predicted octanol–water partition coefficient (Wildman–Crippen LogP) is 3.96. The number of aryl methyl sites for hydroxylation is 1. The van der Waals surface area contributed by atoms with Crippen molar-refractivity contribution >= 4 is 17.7 Å². The van der Waals surface area contributed by atoms with E-state index in [-0.39, 0.29) is 12.3 Å². The number of nitrogens with zero attached hydrogens (tertiary/aromatic N) is 3.